The molecule has 1 aliphatic heterocycles. The van der Waals surface area contributed by atoms with E-state index in [0.29, 0.717) is 48.1 Å². The van der Waals surface area contributed by atoms with Gasteiger partial charge < -0.3 is 20.0 Å². The second-order valence-corrected chi connectivity index (χ2v) is 6.48. The Morgan fingerprint density at radius 3 is 3.04 bits per heavy atom. The van der Waals surface area contributed by atoms with Crippen molar-refractivity contribution in [3.05, 3.63) is 24.1 Å². The largest absolute Gasteiger partial charge is 0.441 e. The highest BCUT2D eigenvalue weighted by atomic mass is 16.3. The lowest BCUT2D eigenvalue weighted by molar-refractivity contribution is -0.128. The Labute approximate surface area is 140 Å². The number of hydrogen-bond donors (Lipinski definition) is 2. The number of hydrogen-bond acceptors (Lipinski definition) is 4. The average Bonchev–Trinajstić information content (AvgIpc) is 2.88. The average molecular weight is 330 g/mol. The SMILES string of the molecule is Cc1nc2cc(NC(=O)N3CCNC(=O)[C@H]3CC(C)C)ccc2o1. The molecule has 1 fully saturated rings. The first-order valence-electron chi connectivity index (χ1n) is 8.16. The Bertz CT molecular complexity index is 768. The van der Waals surface area contributed by atoms with Gasteiger partial charge in [-0.2, -0.15) is 0 Å². The van der Waals surface area contributed by atoms with Gasteiger partial charge in [0, 0.05) is 25.7 Å². The number of fused-ring (bicyclic) bond motifs is 1. The van der Waals surface area contributed by atoms with E-state index in [1.807, 2.05) is 13.8 Å². The molecule has 128 valence electrons. The molecule has 24 heavy (non-hydrogen) atoms. The maximum Gasteiger partial charge on any atom is 0.322 e. The first-order chi connectivity index (χ1) is 11.4. The van der Waals surface area contributed by atoms with Crippen LogP contribution in [-0.2, 0) is 4.79 Å². The van der Waals surface area contributed by atoms with Crippen molar-refractivity contribution in [3.63, 3.8) is 0 Å². The quantitative estimate of drug-likeness (QED) is 0.905. The van der Waals surface area contributed by atoms with Crippen molar-refractivity contribution in [1.82, 2.24) is 15.2 Å². The summed E-state index contributed by atoms with van der Waals surface area (Å²) in [5, 5.41) is 5.69. The van der Waals surface area contributed by atoms with Gasteiger partial charge in [0.05, 0.1) is 0 Å². The van der Waals surface area contributed by atoms with Crippen LogP contribution >= 0.6 is 0 Å². The zero-order valence-corrected chi connectivity index (χ0v) is 14.1. The number of nitrogens with one attached hydrogen (secondary N) is 2. The lowest BCUT2D eigenvalue weighted by atomic mass is 10.0. The van der Waals surface area contributed by atoms with E-state index >= 15 is 0 Å². The molecule has 7 nitrogen and oxygen atoms in total. The Hall–Kier alpha value is -2.57. The Morgan fingerprint density at radius 1 is 1.50 bits per heavy atom. The van der Waals surface area contributed by atoms with Crippen LogP contribution in [0.4, 0.5) is 10.5 Å². The topological polar surface area (TPSA) is 87.5 Å². The Kier molecular flexibility index (Phi) is 4.42. The molecule has 3 amide bonds. The van der Waals surface area contributed by atoms with E-state index in [0.717, 1.165) is 0 Å². The number of piperazine rings is 1. The summed E-state index contributed by atoms with van der Waals surface area (Å²) >= 11 is 0. The van der Waals surface area contributed by atoms with Crippen molar-refractivity contribution in [2.24, 2.45) is 5.92 Å². The van der Waals surface area contributed by atoms with Gasteiger partial charge in [0.15, 0.2) is 11.5 Å². The molecular formula is C17H22N4O3. The maximum atomic E-state index is 12.6. The zero-order chi connectivity index (χ0) is 17.3. The van der Waals surface area contributed by atoms with Gasteiger partial charge in [-0.15, -0.1) is 0 Å². The lowest BCUT2D eigenvalue weighted by Gasteiger charge is -2.35. The normalized spacial score (nSPS) is 18.1. The minimum Gasteiger partial charge on any atom is -0.441 e. The van der Waals surface area contributed by atoms with Gasteiger partial charge in [-0.05, 0) is 30.5 Å². The molecule has 0 unspecified atom stereocenters. The van der Waals surface area contributed by atoms with Gasteiger partial charge in [0.2, 0.25) is 5.91 Å². The minimum atomic E-state index is -0.434. The predicted octanol–water partition coefficient (Wildman–Crippen LogP) is 2.51. The summed E-state index contributed by atoms with van der Waals surface area (Å²) in [6.45, 7) is 6.83. The lowest BCUT2D eigenvalue weighted by Crippen LogP contribution is -2.58. The second kappa shape index (κ2) is 6.51. The van der Waals surface area contributed by atoms with Crippen molar-refractivity contribution in [1.29, 1.82) is 0 Å². The number of urea groups is 1. The van der Waals surface area contributed by atoms with Crippen molar-refractivity contribution in [3.8, 4) is 0 Å². The molecule has 1 aliphatic rings. The van der Waals surface area contributed by atoms with Crippen LogP contribution in [0.15, 0.2) is 22.6 Å². The zero-order valence-electron chi connectivity index (χ0n) is 14.1. The molecule has 0 radical (unpaired) electrons. The van der Waals surface area contributed by atoms with E-state index in [2.05, 4.69) is 15.6 Å². The van der Waals surface area contributed by atoms with E-state index in [4.69, 9.17) is 4.42 Å². The summed E-state index contributed by atoms with van der Waals surface area (Å²) in [4.78, 5) is 30.6. The number of aromatic nitrogens is 1. The summed E-state index contributed by atoms with van der Waals surface area (Å²) in [6, 6.07) is 4.61. The highest BCUT2D eigenvalue weighted by molar-refractivity contribution is 5.95. The highest BCUT2D eigenvalue weighted by Crippen LogP contribution is 2.21. The molecule has 0 bridgehead atoms. The first kappa shape index (κ1) is 16.3. The molecule has 1 aromatic heterocycles. The smallest absolute Gasteiger partial charge is 0.322 e. The van der Waals surface area contributed by atoms with Gasteiger partial charge in [-0.25, -0.2) is 9.78 Å². The Balaban J connectivity index is 1.77. The van der Waals surface area contributed by atoms with Crippen molar-refractivity contribution < 1.29 is 14.0 Å². The summed E-state index contributed by atoms with van der Waals surface area (Å²) in [5.41, 5.74) is 2.01. The molecule has 0 spiro atoms. The fourth-order valence-electron chi connectivity index (χ4n) is 2.95. The van der Waals surface area contributed by atoms with Crippen LogP contribution < -0.4 is 10.6 Å². The molecule has 2 N–H and O–H groups in total. The highest BCUT2D eigenvalue weighted by Gasteiger charge is 2.33. The molecule has 1 saturated heterocycles. The summed E-state index contributed by atoms with van der Waals surface area (Å²) in [7, 11) is 0. The molecular weight excluding hydrogens is 308 g/mol. The maximum absolute atomic E-state index is 12.6. The van der Waals surface area contributed by atoms with Gasteiger partial charge in [-0.3, -0.25) is 4.79 Å². The van der Waals surface area contributed by atoms with Crippen LogP contribution in [0.3, 0.4) is 0 Å². The number of carbonyl (C=O) groups is 2. The fraction of sp³-hybridized carbons (Fsp3) is 0.471. The van der Waals surface area contributed by atoms with E-state index in [9.17, 15) is 9.59 Å². The number of aryl methyl sites for hydroxylation is 1. The van der Waals surface area contributed by atoms with Crippen LogP contribution in [0.1, 0.15) is 26.2 Å². The third kappa shape index (κ3) is 3.34. The predicted molar refractivity (Wildman–Crippen MR) is 90.7 cm³/mol. The number of anilines is 1. The van der Waals surface area contributed by atoms with Gasteiger partial charge >= 0.3 is 6.03 Å². The standard InChI is InChI=1S/C17H22N4O3/c1-10(2)8-14-16(22)18-6-7-21(14)17(23)20-12-4-5-15-13(9-12)19-11(3)24-15/h4-5,9-10,14H,6-8H2,1-3H3,(H,18,22)(H,20,23)/t14-/m1/s1. The van der Waals surface area contributed by atoms with E-state index in [-0.39, 0.29) is 11.9 Å². The fourth-order valence-corrected chi connectivity index (χ4v) is 2.95. The number of amides is 3. The number of benzene rings is 1. The second-order valence-electron chi connectivity index (χ2n) is 6.48. The molecule has 0 aliphatic carbocycles. The minimum absolute atomic E-state index is 0.0901. The third-order valence-electron chi connectivity index (χ3n) is 4.03. The monoisotopic (exact) mass is 330 g/mol. The van der Waals surface area contributed by atoms with Gasteiger partial charge in [0.25, 0.3) is 0 Å². The van der Waals surface area contributed by atoms with Crippen LogP contribution in [0.25, 0.3) is 11.1 Å². The summed E-state index contributed by atoms with van der Waals surface area (Å²) in [6.07, 6.45) is 0.640. The summed E-state index contributed by atoms with van der Waals surface area (Å²) < 4.78 is 5.43. The van der Waals surface area contributed by atoms with Crippen molar-refractivity contribution in [2.75, 3.05) is 18.4 Å². The molecule has 2 heterocycles. The number of carbonyl (C=O) groups excluding carboxylic acids is 2. The van der Waals surface area contributed by atoms with Crippen LogP contribution in [0.5, 0.6) is 0 Å². The van der Waals surface area contributed by atoms with Crippen molar-refractivity contribution in [2.45, 2.75) is 33.2 Å². The van der Waals surface area contributed by atoms with Crippen LogP contribution in [0.2, 0.25) is 0 Å². The van der Waals surface area contributed by atoms with Gasteiger partial charge in [0.1, 0.15) is 11.6 Å². The number of nitrogens with zero attached hydrogens (tertiary/aromatic N) is 2. The van der Waals surface area contributed by atoms with E-state index in [1.54, 1.807) is 30.0 Å². The summed E-state index contributed by atoms with van der Waals surface area (Å²) in [5.74, 6) is 0.814. The van der Waals surface area contributed by atoms with Crippen LogP contribution in [0, 0.1) is 12.8 Å². The molecule has 3 rings (SSSR count). The van der Waals surface area contributed by atoms with Crippen molar-refractivity contribution >= 4 is 28.7 Å². The third-order valence-corrected chi connectivity index (χ3v) is 4.03. The number of rotatable bonds is 3. The molecule has 7 heteroatoms. The molecule has 1 atom stereocenters. The van der Waals surface area contributed by atoms with Gasteiger partial charge in [-0.1, -0.05) is 13.8 Å². The van der Waals surface area contributed by atoms with E-state index in [1.165, 1.54) is 0 Å². The molecule has 2 aromatic rings. The van der Waals surface area contributed by atoms with Crippen LogP contribution in [-0.4, -0.2) is 41.0 Å². The molecule has 1 aromatic carbocycles. The van der Waals surface area contributed by atoms with E-state index < -0.39 is 6.04 Å². The Morgan fingerprint density at radius 2 is 2.29 bits per heavy atom. The molecule has 0 saturated carbocycles. The first-order valence-corrected chi connectivity index (χ1v) is 8.16. The number of oxazole rings is 1.